The average Bonchev–Trinajstić information content (AvgIpc) is 3.24. The number of rotatable bonds is 7. The van der Waals surface area contributed by atoms with Gasteiger partial charge in [-0.05, 0) is 31.2 Å². The molecule has 4 aromatic rings. The summed E-state index contributed by atoms with van der Waals surface area (Å²) in [6, 6.07) is 24.8. The zero-order chi connectivity index (χ0) is 20.8. The lowest BCUT2D eigenvalue weighted by atomic mass is 10.1. The van der Waals surface area contributed by atoms with Crippen molar-refractivity contribution < 1.29 is 9.53 Å². The van der Waals surface area contributed by atoms with Gasteiger partial charge in [0, 0.05) is 5.56 Å². The van der Waals surface area contributed by atoms with Crippen LogP contribution in [0.3, 0.4) is 0 Å². The number of hydrogen-bond acceptors (Lipinski definition) is 5. The van der Waals surface area contributed by atoms with E-state index in [9.17, 15) is 4.79 Å². The Morgan fingerprint density at radius 1 is 1.00 bits per heavy atom. The van der Waals surface area contributed by atoms with E-state index in [-0.39, 0.29) is 11.7 Å². The SMILES string of the molecule is Cc1ccc(-c2nc(SCC(=O)Nc3ccccc3Oc3ccccc3)n[nH]2)cc1. The van der Waals surface area contributed by atoms with E-state index in [1.54, 1.807) is 0 Å². The van der Waals surface area contributed by atoms with Crippen LogP contribution in [0.25, 0.3) is 11.4 Å². The number of anilines is 1. The Balaban J connectivity index is 1.36. The van der Waals surface area contributed by atoms with Crippen LogP contribution in [0.4, 0.5) is 5.69 Å². The van der Waals surface area contributed by atoms with E-state index in [1.165, 1.54) is 17.3 Å². The van der Waals surface area contributed by atoms with Crippen molar-refractivity contribution in [3.63, 3.8) is 0 Å². The van der Waals surface area contributed by atoms with Gasteiger partial charge in [0.2, 0.25) is 11.1 Å². The molecule has 7 heteroatoms. The van der Waals surface area contributed by atoms with E-state index in [2.05, 4.69) is 20.5 Å². The highest BCUT2D eigenvalue weighted by atomic mass is 32.2. The number of nitrogens with zero attached hydrogens (tertiary/aromatic N) is 2. The fourth-order valence-corrected chi connectivity index (χ4v) is 3.34. The van der Waals surface area contributed by atoms with Crippen LogP contribution < -0.4 is 10.1 Å². The molecule has 1 heterocycles. The van der Waals surface area contributed by atoms with Crippen molar-refractivity contribution in [1.82, 2.24) is 15.2 Å². The van der Waals surface area contributed by atoms with Crippen molar-refractivity contribution in [2.24, 2.45) is 0 Å². The van der Waals surface area contributed by atoms with Crippen LogP contribution >= 0.6 is 11.8 Å². The van der Waals surface area contributed by atoms with Crippen LogP contribution in [0.2, 0.25) is 0 Å². The molecule has 150 valence electrons. The number of carbonyl (C=O) groups excluding carboxylic acids is 1. The summed E-state index contributed by atoms with van der Waals surface area (Å²) in [5, 5.41) is 10.5. The van der Waals surface area contributed by atoms with Gasteiger partial charge in [-0.3, -0.25) is 9.89 Å². The van der Waals surface area contributed by atoms with E-state index in [0.29, 0.717) is 28.2 Å². The lowest BCUT2D eigenvalue weighted by molar-refractivity contribution is -0.113. The van der Waals surface area contributed by atoms with E-state index >= 15 is 0 Å². The number of amides is 1. The number of para-hydroxylation sites is 3. The minimum absolute atomic E-state index is 0.161. The average molecular weight is 417 g/mol. The number of thioether (sulfide) groups is 1. The third-order valence-electron chi connectivity index (χ3n) is 4.25. The number of aryl methyl sites for hydroxylation is 1. The number of benzene rings is 3. The lowest BCUT2D eigenvalue weighted by Crippen LogP contribution is -2.14. The minimum Gasteiger partial charge on any atom is -0.455 e. The summed E-state index contributed by atoms with van der Waals surface area (Å²) >= 11 is 1.27. The molecule has 0 bridgehead atoms. The molecule has 3 aromatic carbocycles. The molecule has 0 atom stereocenters. The highest BCUT2D eigenvalue weighted by Gasteiger charge is 2.12. The summed E-state index contributed by atoms with van der Waals surface area (Å²) in [7, 11) is 0. The number of hydrogen-bond donors (Lipinski definition) is 2. The van der Waals surface area contributed by atoms with Gasteiger partial charge in [0.15, 0.2) is 11.6 Å². The van der Waals surface area contributed by atoms with Gasteiger partial charge in [-0.15, -0.1) is 5.10 Å². The molecule has 1 aromatic heterocycles. The summed E-state index contributed by atoms with van der Waals surface area (Å²) in [6.45, 7) is 2.03. The van der Waals surface area contributed by atoms with Crippen molar-refractivity contribution in [2.75, 3.05) is 11.1 Å². The molecule has 6 nitrogen and oxygen atoms in total. The van der Waals surface area contributed by atoms with Crippen LogP contribution in [-0.4, -0.2) is 26.8 Å². The Kier molecular flexibility index (Phi) is 6.10. The van der Waals surface area contributed by atoms with Gasteiger partial charge >= 0.3 is 0 Å². The predicted molar refractivity (Wildman–Crippen MR) is 119 cm³/mol. The first-order chi connectivity index (χ1) is 14.7. The molecular formula is C23H20N4O2S. The predicted octanol–water partition coefficient (Wildman–Crippen LogP) is 5.30. The summed E-state index contributed by atoms with van der Waals surface area (Å²) < 4.78 is 5.88. The molecule has 30 heavy (non-hydrogen) atoms. The summed E-state index contributed by atoms with van der Waals surface area (Å²) in [4.78, 5) is 16.9. The fraction of sp³-hybridized carbons (Fsp3) is 0.0870. The summed E-state index contributed by atoms with van der Waals surface area (Å²) in [6.07, 6.45) is 0. The second-order valence-corrected chi connectivity index (χ2v) is 7.52. The van der Waals surface area contributed by atoms with Crippen molar-refractivity contribution >= 4 is 23.4 Å². The van der Waals surface area contributed by atoms with E-state index in [4.69, 9.17) is 4.74 Å². The molecule has 0 aliphatic carbocycles. The Morgan fingerprint density at radius 3 is 2.53 bits per heavy atom. The van der Waals surface area contributed by atoms with Crippen LogP contribution in [0.5, 0.6) is 11.5 Å². The first-order valence-corrected chi connectivity index (χ1v) is 10.4. The number of H-pyrrole nitrogens is 1. The van der Waals surface area contributed by atoms with Gasteiger partial charge < -0.3 is 10.1 Å². The smallest absolute Gasteiger partial charge is 0.234 e. The molecule has 0 aliphatic heterocycles. The molecular weight excluding hydrogens is 396 g/mol. The highest BCUT2D eigenvalue weighted by Crippen LogP contribution is 2.29. The molecule has 0 spiro atoms. The lowest BCUT2D eigenvalue weighted by Gasteiger charge is -2.11. The number of aromatic nitrogens is 3. The van der Waals surface area contributed by atoms with E-state index in [1.807, 2.05) is 85.8 Å². The molecule has 0 saturated carbocycles. The summed E-state index contributed by atoms with van der Waals surface area (Å²) in [5.41, 5.74) is 2.75. The van der Waals surface area contributed by atoms with Crippen LogP contribution in [0.1, 0.15) is 5.56 Å². The number of aromatic amines is 1. The van der Waals surface area contributed by atoms with Gasteiger partial charge in [-0.2, -0.15) is 0 Å². The van der Waals surface area contributed by atoms with Crippen LogP contribution in [0, 0.1) is 6.92 Å². The molecule has 1 amide bonds. The molecule has 0 saturated heterocycles. The number of ether oxygens (including phenoxy) is 1. The standard InChI is InChI=1S/C23H20N4O2S/c1-16-11-13-17(14-12-16)22-25-23(27-26-22)30-15-21(28)24-19-9-5-6-10-20(19)29-18-7-3-2-4-8-18/h2-14H,15H2,1H3,(H,24,28)(H,25,26,27). The number of carbonyl (C=O) groups is 1. The molecule has 0 radical (unpaired) electrons. The third-order valence-corrected chi connectivity index (χ3v) is 5.10. The van der Waals surface area contributed by atoms with Crippen molar-refractivity contribution in [2.45, 2.75) is 12.1 Å². The molecule has 0 aliphatic rings. The molecule has 0 unspecified atom stereocenters. The number of nitrogens with one attached hydrogen (secondary N) is 2. The second kappa shape index (κ2) is 9.28. The first kappa shape index (κ1) is 19.7. The van der Waals surface area contributed by atoms with Gasteiger partial charge in [-0.25, -0.2) is 4.98 Å². The highest BCUT2D eigenvalue weighted by molar-refractivity contribution is 7.99. The minimum atomic E-state index is -0.161. The Morgan fingerprint density at radius 2 is 1.73 bits per heavy atom. The summed E-state index contributed by atoms with van der Waals surface area (Å²) in [5.74, 6) is 2.00. The Labute approximate surface area is 178 Å². The second-order valence-electron chi connectivity index (χ2n) is 6.58. The fourth-order valence-electron chi connectivity index (χ4n) is 2.74. The van der Waals surface area contributed by atoms with Crippen LogP contribution in [0.15, 0.2) is 84.0 Å². The Hall–Kier alpha value is -3.58. The molecule has 4 rings (SSSR count). The molecule has 0 fully saturated rings. The third kappa shape index (κ3) is 5.07. The monoisotopic (exact) mass is 416 g/mol. The van der Waals surface area contributed by atoms with Crippen LogP contribution in [-0.2, 0) is 4.79 Å². The topological polar surface area (TPSA) is 79.9 Å². The zero-order valence-electron chi connectivity index (χ0n) is 16.3. The first-order valence-electron chi connectivity index (χ1n) is 9.41. The van der Waals surface area contributed by atoms with Gasteiger partial charge in [0.25, 0.3) is 0 Å². The van der Waals surface area contributed by atoms with E-state index in [0.717, 1.165) is 5.56 Å². The van der Waals surface area contributed by atoms with E-state index < -0.39 is 0 Å². The quantitative estimate of drug-likeness (QED) is 0.400. The van der Waals surface area contributed by atoms with Crippen molar-refractivity contribution in [3.05, 3.63) is 84.4 Å². The largest absolute Gasteiger partial charge is 0.455 e. The zero-order valence-corrected chi connectivity index (χ0v) is 17.1. The van der Waals surface area contributed by atoms with Crippen molar-refractivity contribution in [3.8, 4) is 22.9 Å². The van der Waals surface area contributed by atoms with Gasteiger partial charge in [0.05, 0.1) is 11.4 Å². The maximum absolute atomic E-state index is 12.5. The normalized spacial score (nSPS) is 10.6. The maximum atomic E-state index is 12.5. The van der Waals surface area contributed by atoms with Gasteiger partial charge in [0.1, 0.15) is 5.75 Å². The molecule has 2 N–H and O–H groups in total. The Bertz CT molecular complexity index is 1130. The van der Waals surface area contributed by atoms with Crippen molar-refractivity contribution in [1.29, 1.82) is 0 Å². The van der Waals surface area contributed by atoms with Gasteiger partial charge in [-0.1, -0.05) is 71.9 Å². The maximum Gasteiger partial charge on any atom is 0.234 e.